The fourth-order valence-electron chi connectivity index (χ4n) is 2.21. The zero-order chi connectivity index (χ0) is 13.3. The van der Waals surface area contributed by atoms with Gasteiger partial charge in [-0.3, -0.25) is 0 Å². The molecular weight excluding hydrogens is 226 g/mol. The molecule has 0 amide bonds. The average molecular weight is 241 g/mol. The summed E-state index contributed by atoms with van der Waals surface area (Å²) in [5, 5.41) is 9.06. The molecule has 2 rings (SSSR count). The summed E-state index contributed by atoms with van der Waals surface area (Å²) in [7, 11) is 1.66. The second kappa shape index (κ2) is 4.53. The van der Waals surface area contributed by atoms with Crippen LogP contribution in [0.5, 0.6) is 5.75 Å². The number of imidazole rings is 1. The van der Waals surface area contributed by atoms with Crippen molar-refractivity contribution < 1.29 is 4.74 Å². The highest BCUT2D eigenvalue weighted by atomic mass is 16.5. The molecule has 0 radical (unpaired) electrons. The van der Waals surface area contributed by atoms with Crippen LogP contribution < -0.4 is 4.74 Å². The lowest BCUT2D eigenvalue weighted by atomic mass is 9.94. The Hall–Kier alpha value is -2.28. The monoisotopic (exact) mass is 241 g/mol. The van der Waals surface area contributed by atoms with E-state index >= 15 is 0 Å². The predicted octanol–water partition coefficient (Wildman–Crippen LogP) is 2.88. The van der Waals surface area contributed by atoms with Crippen molar-refractivity contribution in [3.8, 4) is 23.1 Å². The molecule has 0 saturated carbocycles. The predicted molar refractivity (Wildman–Crippen MR) is 69.5 cm³/mol. The van der Waals surface area contributed by atoms with Gasteiger partial charge in [-0.25, -0.2) is 4.98 Å². The molecule has 18 heavy (non-hydrogen) atoms. The molecule has 1 aromatic heterocycles. The Morgan fingerprint density at radius 2 is 2.00 bits per heavy atom. The van der Waals surface area contributed by atoms with E-state index in [4.69, 9.17) is 10.00 Å². The number of nitrogens with zero attached hydrogens (tertiary/aromatic N) is 2. The van der Waals surface area contributed by atoms with Crippen molar-refractivity contribution in [2.24, 2.45) is 0 Å². The molecule has 0 aliphatic rings. The third-order valence-electron chi connectivity index (χ3n) is 3.26. The number of hydrogen-bond acceptors (Lipinski definition) is 3. The summed E-state index contributed by atoms with van der Waals surface area (Å²) >= 11 is 0. The molecule has 0 unspecified atom stereocenters. The maximum atomic E-state index is 9.06. The highest BCUT2D eigenvalue weighted by Gasteiger charge is 2.16. The first-order valence-corrected chi connectivity index (χ1v) is 5.68. The molecule has 0 bridgehead atoms. The van der Waals surface area contributed by atoms with Gasteiger partial charge in [0.15, 0.2) is 5.69 Å². The van der Waals surface area contributed by atoms with Gasteiger partial charge in [-0.2, -0.15) is 5.26 Å². The van der Waals surface area contributed by atoms with E-state index in [2.05, 4.69) is 16.0 Å². The fraction of sp³-hybridized carbons (Fsp3) is 0.286. The Balaban J connectivity index is 2.74. The Kier molecular flexibility index (Phi) is 3.07. The second-order valence-electron chi connectivity index (χ2n) is 4.26. The SMILES string of the molecule is COc1cc(C)c(-c2[nH]cnc2C#N)c(C)c1C. The van der Waals surface area contributed by atoms with Gasteiger partial charge in [0.1, 0.15) is 11.8 Å². The van der Waals surface area contributed by atoms with Crippen molar-refractivity contribution in [3.63, 3.8) is 0 Å². The minimum Gasteiger partial charge on any atom is -0.496 e. The van der Waals surface area contributed by atoms with E-state index < -0.39 is 0 Å². The van der Waals surface area contributed by atoms with Crippen LogP contribution in [0, 0.1) is 32.1 Å². The van der Waals surface area contributed by atoms with Gasteiger partial charge in [0.2, 0.25) is 0 Å². The smallest absolute Gasteiger partial charge is 0.166 e. The molecule has 0 atom stereocenters. The van der Waals surface area contributed by atoms with Crippen LogP contribution in [0.15, 0.2) is 12.4 Å². The number of benzene rings is 1. The summed E-state index contributed by atoms with van der Waals surface area (Å²) in [6, 6.07) is 4.09. The number of ether oxygens (including phenoxy) is 1. The van der Waals surface area contributed by atoms with Gasteiger partial charge in [0.05, 0.1) is 19.1 Å². The minimum absolute atomic E-state index is 0.422. The van der Waals surface area contributed by atoms with Crippen molar-refractivity contribution in [3.05, 3.63) is 34.8 Å². The van der Waals surface area contributed by atoms with Crippen molar-refractivity contribution >= 4 is 0 Å². The van der Waals surface area contributed by atoms with Crippen molar-refractivity contribution in [1.29, 1.82) is 5.26 Å². The van der Waals surface area contributed by atoms with Crippen LogP contribution in [0.1, 0.15) is 22.4 Å². The van der Waals surface area contributed by atoms with E-state index in [1.54, 1.807) is 13.4 Å². The van der Waals surface area contributed by atoms with Gasteiger partial charge in [-0.15, -0.1) is 0 Å². The highest BCUT2D eigenvalue weighted by Crippen LogP contribution is 2.34. The molecule has 0 fully saturated rings. The second-order valence-corrected chi connectivity index (χ2v) is 4.26. The van der Waals surface area contributed by atoms with E-state index in [-0.39, 0.29) is 0 Å². The number of nitriles is 1. The van der Waals surface area contributed by atoms with Crippen LogP contribution in [-0.4, -0.2) is 17.1 Å². The maximum Gasteiger partial charge on any atom is 0.166 e. The summed E-state index contributed by atoms with van der Waals surface area (Å²) in [5.41, 5.74) is 5.48. The third kappa shape index (κ3) is 1.74. The maximum absolute atomic E-state index is 9.06. The highest BCUT2D eigenvalue weighted by molar-refractivity contribution is 5.74. The lowest BCUT2D eigenvalue weighted by molar-refractivity contribution is 0.411. The third-order valence-corrected chi connectivity index (χ3v) is 3.26. The number of nitrogens with one attached hydrogen (secondary N) is 1. The number of hydrogen-bond donors (Lipinski definition) is 1. The zero-order valence-electron chi connectivity index (χ0n) is 11.0. The Morgan fingerprint density at radius 1 is 1.28 bits per heavy atom. The molecule has 0 saturated heterocycles. The van der Waals surface area contributed by atoms with Gasteiger partial charge in [-0.1, -0.05) is 0 Å². The first-order chi connectivity index (χ1) is 8.60. The quantitative estimate of drug-likeness (QED) is 0.879. The summed E-state index contributed by atoms with van der Waals surface area (Å²) < 4.78 is 5.34. The number of aryl methyl sites for hydroxylation is 1. The van der Waals surface area contributed by atoms with E-state index in [0.717, 1.165) is 33.7 Å². The summed E-state index contributed by atoms with van der Waals surface area (Å²) in [5.74, 6) is 0.867. The molecule has 4 heteroatoms. The van der Waals surface area contributed by atoms with E-state index in [1.165, 1.54) is 0 Å². The van der Waals surface area contributed by atoms with Crippen LogP contribution in [-0.2, 0) is 0 Å². The van der Waals surface area contributed by atoms with Gasteiger partial charge >= 0.3 is 0 Å². The zero-order valence-corrected chi connectivity index (χ0v) is 11.0. The molecule has 1 aromatic carbocycles. The molecule has 2 aromatic rings. The molecule has 92 valence electrons. The van der Waals surface area contributed by atoms with Crippen molar-refractivity contribution in [2.45, 2.75) is 20.8 Å². The summed E-state index contributed by atoms with van der Waals surface area (Å²) in [4.78, 5) is 7.06. The minimum atomic E-state index is 0.422. The van der Waals surface area contributed by atoms with Crippen LogP contribution in [0.3, 0.4) is 0 Å². The van der Waals surface area contributed by atoms with E-state index in [1.807, 2.05) is 26.8 Å². The molecular formula is C14H15N3O. The van der Waals surface area contributed by atoms with Gasteiger partial charge in [0, 0.05) is 5.56 Å². The van der Waals surface area contributed by atoms with Crippen molar-refractivity contribution in [1.82, 2.24) is 9.97 Å². The van der Waals surface area contributed by atoms with E-state index in [9.17, 15) is 0 Å². The Morgan fingerprint density at radius 3 is 2.61 bits per heavy atom. The van der Waals surface area contributed by atoms with Crippen LogP contribution in [0.25, 0.3) is 11.3 Å². The molecule has 0 aliphatic heterocycles. The normalized spacial score (nSPS) is 10.2. The number of H-pyrrole nitrogens is 1. The number of methoxy groups -OCH3 is 1. The van der Waals surface area contributed by atoms with Crippen LogP contribution in [0.4, 0.5) is 0 Å². The molecule has 0 spiro atoms. The first-order valence-electron chi connectivity index (χ1n) is 5.68. The van der Waals surface area contributed by atoms with Crippen LogP contribution >= 0.6 is 0 Å². The first kappa shape index (κ1) is 12.2. The summed E-state index contributed by atoms with van der Waals surface area (Å²) in [6.07, 6.45) is 1.55. The number of aromatic nitrogens is 2. The van der Waals surface area contributed by atoms with Crippen LogP contribution in [0.2, 0.25) is 0 Å². The Labute approximate surface area is 106 Å². The Bertz CT molecular complexity index is 635. The van der Waals surface area contributed by atoms with Gasteiger partial charge in [0.25, 0.3) is 0 Å². The van der Waals surface area contributed by atoms with E-state index in [0.29, 0.717) is 5.69 Å². The fourth-order valence-corrected chi connectivity index (χ4v) is 2.21. The van der Waals surface area contributed by atoms with Crippen molar-refractivity contribution in [2.75, 3.05) is 7.11 Å². The number of rotatable bonds is 2. The molecule has 4 nitrogen and oxygen atoms in total. The van der Waals surface area contributed by atoms with Gasteiger partial charge < -0.3 is 9.72 Å². The molecule has 0 aliphatic carbocycles. The van der Waals surface area contributed by atoms with Gasteiger partial charge in [-0.05, 0) is 43.5 Å². The number of aromatic amines is 1. The summed E-state index contributed by atoms with van der Waals surface area (Å²) in [6.45, 7) is 6.05. The topological polar surface area (TPSA) is 61.7 Å². The molecule has 1 N–H and O–H groups in total. The standard InChI is InChI=1S/C14H15N3O/c1-8-5-12(18-4)9(2)10(3)13(8)14-11(6-15)16-7-17-14/h5,7H,1-4H3,(H,16,17). The lowest BCUT2D eigenvalue weighted by Crippen LogP contribution is -1.97. The lowest BCUT2D eigenvalue weighted by Gasteiger charge is -2.15. The average Bonchev–Trinajstić information content (AvgIpc) is 2.82. The largest absolute Gasteiger partial charge is 0.496 e. The molecule has 1 heterocycles.